The zero-order valence-corrected chi connectivity index (χ0v) is 13.7. The van der Waals surface area contributed by atoms with Crippen molar-refractivity contribution in [3.8, 4) is 11.5 Å². The predicted molar refractivity (Wildman–Crippen MR) is 86.5 cm³/mol. The van der Waals surface area contributed by atoms with Crippen LogP contribution in [0.3, 0.4) is 0 Å². The Morgan fingerprint density at radius 3 is 2.42 bits per heavy atom. The van der Waals surface area contributed by atoms with Gasteiger partial charge in [-0.25, -0.2) is 0 Å². The summed E-state index contributed by atoms with van der Waals surface area (Å²) in [5.74, 6) is 0.280. The summed E-state index contributed by atoms with van der Waals surface area (Å²) in [5.41, 5.74) is 1.78. The van der Waals surface area contributed by atoms with Gasteiger partial charge >= 0.3 is 6.61 Å². The van der Waals surface area contributed by atoms with Crippen LogP contribution in [0.5, 0.6) is 11.5 Å². The number of hydrogen-bond acceptors (Lipinski definition) is 3. The van der Waals surface area contributed by atoms with Gasteiger partial charge in [0.1, 0.15) is 19.2 Å². The molecule has 0 spiro atoms. The van der Waals surface area contributed by atoms with Crippen LogP contribution in [0.1, 0.15) is 17.2 Å². The Kier molecular flexibility index (Phi) is 6.52. The van der Waals surface area contributed by atoms with Gasteiger partial charge in [-0.3, -0.25) is 0 Å². The molecule has 0 bridgehead atoms. The van der Waals surface area contributed by atoms with E-state index >= 15 is 0 Å². The van der Waals surface area contributed by atoms with Crippen LogP contribution < -0.4 is 14.4 Å². The fourth-order valence-electron chi connectivity index (χ4n) is 2.56. The predicted octanol–water partition coefficient (Wildman–Crippen LogP) is 2.04. The number of rotatable bonds is 8. The average Bonchev–Trinajstić information content (AvgIpc) is 2.56. The smallest absolute Gasteiger partial charge is 0.387 e. The maximum absolute atomic E-state index is 12.3. The molecule has 0 aliphatic rings. The number of ether oxygens (including phenoxy) is 2. The first kappa shape index (κ1) is 18.2. The van der Waals surface area contributed by atoms with Crippen LogP contribution in [0.2, 0.25) is 0 Å². The van der Waals surface area contributed by atoms with E-state index in [0.717, 1.165) is 16.0 Å². The summed E-state index contributed by atoms with van der Waals surface area (Å²) in [6.45, 7) is -1.74. The molecule has 0 amide bonds. The minimum atomic E-state index is -2.89. The number of aliphatic hydroxyl groups excluding tert-OH is 1. The minimum Gasteiger partial charge on any atom is -0.493 e. The van der Waals surface area contributed by atoms with Gasteiger partial charge in [-0.15, -0.1) is 0 Å². The molecule has 0 aromatic heterocycles. The molecule has 0 saturated heterocycles. The van der Waals surface area contributed by atoms with E-state index in [9.17, 15) is 13.9 Å². The molecule has 6 heteroatoms. The molecular weight excluding hydrogens is 316 g/mol. The molecule has 24 heavy (non-hydrogen) atoms. The molecule has 130 valence electrons. The molecule has 2 aromatic rings. The van der Waals surface area contributed by atoms with Crippen LogP contribution in [-0.4, -0.2) is 32.4 Å². The van der Waals surface area contributed by atoms with E-state index in [4.69, 9.17) is 4.74 Å². The van der Waals surface area contributed by atoms with Crippen molar-refractivity contribution >= 4 is 0 Å². The molecule has 0 aliphatic heterocycles. The SMILES string of the molecule is COc1cc(C[NH+](C)C[C@H](O)c2ccccc2)ccc1OC(F)F. The molecule has 2 atom stereocenters. The van der Waals surface area contributed by atoms with Crippen LogP contribution >= 0.6 is 0 Å². The van der Waals surface area contributed by atoms with Crippen LogP contribution in [0.25, 0.3) is 0 Å². The molecule has 2 rings (SSSR count). The van der Waals surface area contributed by atoms with Gasteiger partial charge in [0.05, 0.1) is 14.2 Å². The van der Waals surface area contributed by atoms with Gasteiger partial charge in [0.15, 0.2) is 11.5 Å². The van der Waals surface area contributed by atoms with Crippen molar-refractivity contribution in [2.75, 3.05) is 20.7 Å². The Bertz CT molecular complexity index is 637. The second-order valence-electron chi connectivity index (χ2n) is 5.63. The maximum atomic E-state index is 12.3. The molecule has 2 N–H and O–H groups in total. The van der Waals surface area contributed by atoms with Crippen molar-refractivity contribution < 1.29 is 28.3 Å². The number of likely N-dealkylation sites (N-methyl/N-ethyl adjacent to an activating group) is 1. The van der Waals surface area contributed by atoms with E-state index in [-0.39, 0.29) is 11.5 Å². The highest BCUT2D eigenvalue weighted by atomic mass is 19.3. The summed E-state index contributed by atoms with van der Waals surface area (Å²) in [6.07, 6.45) is -0.561. The number of methoxy groups -OCH3 is 1. The van der Waals surface area contributed by atoms with E-state index in [1.54, 1.807) is 12.1 Å². The van der Waals surface area contributed by atoms with E-state index in [1.165, 1.54) is 13.2 Å². The van der Waals surface area contributed by atoms with Gasteiger partial charge < -0.3 is 19.5 Å². The topological polar surface area (TPSA) is 43.1 Å². The number of hydrogen-bond donors (Lipinski definition) is 2. The minimum absolute atomic E-state index is 0.0122. The molecule has 4 nitrogen and oxygen atoms in total. The van der Waals surface area contributed by atoms with E-state index in [0.29, 0.717) is 13.1 Å². The lowest BCUT2D eigenvalue weighted by Crippen LogP contribution is -3.08. The van der Waals surface area contributed by atoms with Crippen LogP contribution in [0, 0.1) is 0 Å². The third-order valence-electron chi connectivity index (χ3n) is 3.68. The molecule has 0 saturated carbocycles. The third-order valence-corrected chi connectivity index (χ3v) is 3.68. The summed E-state index contributed by atoms with van der Waals surface area (Å²) in [4.78, 5) is 1.08. The number of aliphatic hydroxyl groups is 1. The number of benzene rings is 2. The van der Waals surface area contributed by atoms with Crippen LogP contribution in [0.4, 0.5) is 8.78 Å². The monoisotopic (exact) mass is 338 g/mol. The highest BCUT2D eigenvalue weighted by Gasteiger charge is 2.16. The Labute approximate surface area is 140 Å². The van der Waals surface area contributed by atoms with E-state index in [2.05, 4.69) is 4.74 Å². The molecular formula is C18H22F2NO3+. The first-order valence-corrected chi connectivity index (χ1v) is 7.65. The normalized spacial score (nSPS) is 13.6. The zero-order valence-electron chi connectivity index (χ0n) is 13.7. The van der Waals surface area contributed by atoms with Gasteiger partial charge in [0.2, 0.25) is 0 Å². The molecule has 0 fully saturated rings. The molecule has 0 radical (unpaired) electrons. The Hall–Kier alpha value is -2.18. The maximum Gasteiger partial charge on any atom is 0.387 e. The van der Waals surface area contributed by atoms with Crippen LogP contribution in [0.15, 0.2) is 48.5 Å². The van der Waals surface area contributed by atoms with Crippen molar-refractivity contribution in [1.82, 2.24) is 0 Å². The lowest BCUT2D eigenvalue weighted by Gasteiger charge is -2.19. The molecule has 0 heterocycles. The van der Waals surface area contributed by atoms with Crippen molar-refractivity contribution in [3.63, 3.8) is 0 Å². The molecule has 2 aromatic carbocycles. The number of nitrogens with one attached hydrogen (secondary N) is 1. The fourth-order valence-corrected chi connectivity index (χ4v) is 2.56. The largest absolute Gasteiger partial charge is 0.493 e. The highest BCUT2D eigenvalue weighted by Crippen LogP contribution is 2.29. The van der Waals surface area contributed by atoms with E-state index in [1.807, 2.05) is 37.4 Å². The van der Waals surface area contributed by atoms with Crippen molar-refractivity contribution in [1.29, 1.82) is 0 Å². The Morgan fingerprint density at radius 2 is 1.79 bits per heavy atom. The Morgan fingerprint density at radius 1 is 1.08 bits per heavy atom. The first-order chi connectivity index (χ1) is 11.5. The third kappa shape index (κ3) is 5.18. The second kappa shape index (κ2) is 8.61. The van der Waals surface area contributed by atoms with Crippen LogP contribution in [-0.2, 0) is 6.54 Å². The number of alkyl halides is 2. The van der Waals surface area contributed by atoms with Crippen molar-refractivity contribution in [2.45, 2.75) is 19.3 Å². The lowest BCUT2D eigenvalue weighted by atomic mass is 10.1. The van der Waals surface area contributed by atoms with Crippen molar-refractivity contribution in [3.05, 3.63) is 59.7 Å². The zero-order chi connectivity index (χ0) is 17.5. The summed E-state index contributed by atoms with van der Waals surface area (Å²) in [7, 11) is 3.37. The molecule has 0 aliphatic carbocycles. The lowest BCUT2D eigenvalue weighted by molar-refractivity contribution is -0.897. The van der Waals surface area contributed by atoms with Gasteiger partial charge in [-0.2, -0.15) is 8.78 Å². The van der Waals surface area contributed by atoms with Gasteiger partial charge in [-0.05, 0) is 23.8 Å². The fraction of sp³-hybridized carbons (Fsp3) is 0.333. The number of quaternary nitrogens is 1. The molecule has 1 unspecified atom stereocenters. The highest BCUT2D eigenvalue weighted by molar-refractivity contribution is 5.42. The Balaban J connectivity index is 1.99. The quantitative estimate of drug-likeness (QED) is 0.774. The van der Waals surface area contributed by atoms with Crippen molar-refractivity contribution in [2.24, 2.45) is 0 Å². The second-order valence-corrected chi connectivity index (χ2v) is 5.63. The summed E-state index contributed by atoms with van der Waals surface area (Å²) < 4.78 is 34.2. The van der Waals surface area contributed by atoms with Gasteiger partial charge in [0, 0.05) is 5.56 Å². The average molecular weight is 338 g/mol. The first-order valence-electron chi connectivity index (χ1n) is 7.65. The summed E-state index contributed by atoms with van der Waals surface area (Å²) in [6, 6.07) is 14.3. The summed E-state index contributed by atoms with van der Waals surface area (Å²) >= 11 is 0. The standard InChI is InChI=1S/C18H21F2NO3/c1-21(12-15(22)14-6-4-3-5-7-14)11-13-8-9-16(24-18(19)20)17(10-13)23-2/h3-10,15,18,22H,11-12H2,1-2H3/p+1/t15-/m0/s1. The van der Waals surface area contributed by atoms with E-state index < -0.39 is 12.7 Å². The van der Waals surface area contributed by atoms with Gasteiger partial charge in [-0.1, -0.05) is 30.3 Å². The van der Waals surface area contributed by atoms with Gasteiger partial charge in [0.25, 0.3) is 0 Å². The number of halogens is 2. The summed E-state index contributed by atoms with van der Waals surface area (Å²) in [5, 5.41) is 10.3.